The van der Waals surface area contributed by atoms with Gasteiger partial charge in [-0.25, -0.2) is 28.4 Å². The first kappa shape index (κ1) is 29.1. The van der Waals surface area contributed by atoms with Crippen LogP contribution in [0, 0.1) is 11.6 Å². The van der Waals surface area contributed by atoms with Gasteiger partial charge < -0.3 is 26.2 Å². The lowest BCUT2D eigenvalue weighted by atomic mass is 10.0. The van der Waals surface area contributed by atoms with Gasteiger partial charge in [-0.3, -0.25) is 9.79 Å². The first-order valence-corrected chi connectivity index (χ1v) is 14.8. The van der Waals surface area contributed by atoms with Crippen LogP contribution in [0.5, 0.6) is 0 Å². The van der Waals surface area contributed by atoms with E-state index in [1.807, 2.05) is 41.3 Å². The molecule has 5 aromatic rings. The van der Waals surface area contributed by atoms with Crippen LogP contribution >= 0.6 is 0 Å². The highest BCUT2D eigenvalue weighted by molar-refractivity contribution is 6.08. The van der Waals surface area contributed by atoms with Crippen molar-refractivity contribution in [2.75, 3.05) is 49.7 Å². The lowest BCUT2D eigenvalue weighted by molar-refractivity contribution is -0.131. The predicted molar refractivity (Wildman–Crippen MR) is 172 cm³/mol. The van der Waals surface area contributed by atoms with Gasteiger partial charge in [-0.05, 0) is 36.8 Å². The molecule has 0 spiro atoms. The summed E-state index contributed by atoms with van der Waals surface area (Å²) >= 11 is 0. The van der Waals surface area contributed by atoms with E-state index in [-0.39, 0.29) is 17.6 Å². The van der Waals surface area contributed by atoms with Crippen LogP contribution in [0.15, 0.2) is 72.1 Å². The number of nitrogen functional groups attached to an aromatic ring is 1. The smallest absolute Gasteiger partial charge is 0.245 e. The lowest BCUT2D eigenvalue weighted by Gasteiger charge is -2.29. The number of aromatic nitrogens is 5. The summed E-state index contributed by atoms with van der Waals surface area (Å²) in [5.74, 6) is 0.166. The van der Waals surface area contributed by atoms with Gasteiger partial charge in [0.05, 0.1) is 17.3 Å². The number of hydrogen-bond donors (Lipinski definition) is 3. The third kappa shape index (κ3) is 5.10. The summed E-state index contributed by atoms with van der Waals surface area (Å²) in [5.41, 5.74) is 9.70. The molecule has 2 unspecified atom stereocenters. The number of halogens is 2. The molecule has 1 fully saturated rings. The monoisotopic (exact) mass is 623 g/mol. The minimum Gasteiger partial charge on any atom is -0.398 e. The van der Waals surface area contributed by atoms with Gasteiger partial charge in [-0.15, -0.1) is 0 Å². The molecule has 1 saturated heterocycles. The second-order valence-corrected chi connectivity index (χ2v) is 11.3. The highest BCUT2D eigenvalue weighted by Crippen LogP contribution is 2.33. The van der Waals surface area contributed by atoms with Crippen LogP contribution in [-0.4, -0.2) is 87.2 Å². The summed E-state index contributed by atoms with van der Waals surface area (Å²) < 4.78 is 29.7. The fourth-order valence-electron chi connectivity index (χ4n) is 6.21. The van der Waals surface area contributed by atoms with Crippen molar-refractivity contribution in [1.29, 1.82) is 0 Å². The van der Waals surface area contributed by atoms with E-state index in [0.29, 0.717) is 60.2 Å². The van der Waals surface area contributed by atoms with E-state index in [2.05, 4.69) is 30.7 Å². The number of likely N-dealkylation sites (N-methyl/N-ethyl adjacent to an activating group) is 1. The molecule has 2 aliphatic heterocycles. The van der Waals surface area contributed by atoms with Crippen molar-refractivity contribution in [3.05, 3.63) is 84.3 Å². The van der Waals surface area contributed by atoms with Crippen LogP contribution in [-0.2, 0) is 4.79 Å². The van der Waals surface area contributed by atoms with Crippen LogP contribution in [0.2, 0.25) is 0 Å². The number of amides is 1. The van der Waals surface area contributed by atoms with Crippen LogP contribution in [0.1, 0.15) is 12.0 Å². The molecule has 5 heterocycles. The molecule has 46 heavy (non-hydrogen) atoms. The predicted octanol–water partition coefficient (Wildman–Crippen LogP) is 3.24. The van der Waals surface area contributed by atoms with Crippen molar-refractivity contribution in [2.24, 2.45) is 4.99 Å². The Labute approximate surface area is 263 Å². The molecule has 7 rings (SSSR count). The fourth-order valence-corrected chi connectivity index (χ4v) is 6.21. The minimum atomic E-state index is -0.775. The van der Waals surface area contributed by atoms with Crippen LogP contribution in [0.4, 0.5) is 26.1 Å². The minimum absolute atomic E-state index is 0.0487. The largest absolute Gasteiger partial charge is 0.398 e. The molecule has 1 amide bonds. The lowest BCUT2D eigenvalue weighted by Crippen LogP contribution is -2.46. The molecule has 2 aliphatic rings. The molecule has 2 atom stereocenters. The Morgan fingerprint density at radius 2 is 1.93 bits per heavy atom. The fraction of sp³-hybridized carbons (Fsp3) is 0.250. The molecule has 234 valence electrons. The van der Waals surface area contributed by atoms with E-state index in [9.17, 15) is 13.6 Å². The zero-order valence-corrected chi connectivity index (χ0v) is 25.2. The van der Waals surface area contributed by atoms with Crippen molar-refractivity contribution >= 4 is 40.1 Å². The molecule has 12 nitrogen and oxygen atoms in total. The normalized spacial score (nSPS) is 19.4. The van der Waals surface area contributed by atoms with Crippen molar-refractivity contribution in [3.8, 4) is 16.9 Å². The highest BCUT2D eigenvalue weighted by atomic mass is 19.1. The van der Waals surface area contributed by atoms with Crippen molar-refractivity contribution in [1.82, 2.24) is 34.9 Å². The number of hydrogen-bond acceptors (Lipinski definition) is 9. The van der Waals surface area contributed by atoms with Gasteiger partial charge >= 0.3 is 0 Å². The number of rotatable bonds is 2. The average molecular weight is 624 g/mol. The standard InChI is InChI=1S/C32H31F2N11O/c1-36-29-28-20(5-3-6-23(28)35)24-7-4-8-27(42-24)41-19-14-26(32(46)43(2)12-11-37-29)44(16-19)30-21-15-40-45(31(21)39-17-38-30)25-10-9-18(33)13-22(25)34/h3-10,13,15,17,19,26H,11-12,14,16,35H2,1-2H3,(H,36,37)(H,41,42). The number of carbonyl (C=O) groups is 1. The summed E-state index contributed by atoms with van der Waals surface area (Å²) in [5, 5.41) is 11.8. The van der Waals surface area contributed by atoms with Crippen LogP contribution in [0.3, 0.4) is 0 Å². The molecule has 14 heteroatoms. The van der Waals surface area contributed by atoms with Gasteiger partial charge in [0.25, 0.3) is 0 Å². The molecule has 4 bridgehead atoms. The van der Waals surface area contributed by atoms with Gasteiger partial charge in [0, 0.05) is 62.7 Å². The van der Waals surface area contributed by atoms with Crippen LogP contribution in [0.25, 0.3) is 28.0 Å². The van der Waals surface area contributed by atoms with E-state index in [0.717, 1.165) is 29.0 Å². The quantitative estimate of drug-likeness (QED) is 0.253. The Balaban J connectivity index is 1.29. The van der Waals surface area contributed by atoms with E-state index in [1.54, 1.807) is 19.0 Å². The van der Waals surface area contributed by atoms with Crippen molar-refractivity contribution in [2.45, 2.75) is 18.5 Å². The Morgan fingerprint density at radius 1 is 1.09 bits per heavy atom. The van der Waals surface area contributed by atoms with Gasteiger partial charge in [0.1, 0.15) is 41.3 Å². The third-order valence-corrected chi connectivity index (χ3v) is 8.39. The zero-order valence-electron chi connectivity index (χ0n) is 25.2. The summed E-state index contributed by atoms with van der Waals surface area (Å²) in [6.45, 7) is 1.25. The number of aliphatic imine (C=N–C) groups is 1. The Bertz CT molecular complexity index is 1990. The second-order valence-electron chi connectivity index (χ2n) is 11.3. The van der Waals surface area contributed by atoms with Crippen molar-refractivity contribution < 1.29 is 13.6 Å². The van der Waals surface area contributed by atoms with Gasteiger partial charge in [0.2, 0.25) is 5.91 Å². The van der Waals surface area contributed by atoms with Crippen molar-refractivity contribution in [3.63, 3.8) is 0 Å². The number of nitrogens with two attached hydrogens (primary N) is 1. The first-order chi connectivity index (χ1) is 22.3. The SMILES string of the molecule is CN=C1NCCN(C)C(=O)C2CC(CN2c2ncnc3c2cnn3-c2ccc(F)cc2F)Nc2cccc(n2)-c2cccc(N)c21. The number of benzene rings is 2. The molecular weight excluding hydrogens is 592 g/mol. The molecule has 4 N–H and O–H groups in total. The maximum absolute atomic E-state index is 14.7. The maximum Gasteiger partial charge on any atom is 0.245 e. The maximum atomic E-state index is 14.7. The van der Waals surface area contributed by atoms with Gasteiger partial charge in [0.15, 0.2) is 11.5 Å². The van der Waals surface area contributed by atoms with Gasteiger partial charge in [-0.2, -0.15) is 5.10 Å². The van der Waals surface area contributed by atoms with Gasteiger partial charge in [-0.1, -0.05) is 18.2 Å². The number of amidine groups is 1. The summed E-state index contributed by atoms with van der Waals surface area (Å²) in [6, 6.07) is 13.9. The van der Waals surface area contributed by atoms with E-state index in [1.165, 1.54) is 23.3 Å². The number of nitrogens with one attached hydrogen (secondary N) is 2. The van der Waals surface area contributed by atoms with E-state index < -0.39 is 17.7 Å². The Kier molecular flexibility index (Phi) is 7.39. The molecular formula is C32H31F2N11O. The molecule has 3 aromatic heterocycles. The molecule has 2 aromatic carbocycles. The number of anilines is 3. The molecule has 0 radical (unpaired) electrons. The van der Waals surface area contributed by atoms with E-state index >= 15 is 0 Å². The summed E-state index contributed by atoms with van der Waals surface area (Å²) in [4.78, 5) is 36.0. The Hall–Kier alpha value is -5.66. The second kappa shape index (κ2) is 11.7. The number of carbonyl (C=O) groups excluding carboxylic acids is 1. The molecule has 0 saturated carbocycles. The topological polar surface area (TPSA) is 142 Å². The summed E-state index contributed by atoms with van der Waals surface area (Å²) in [6.07, 6.45) is 3.37. The first-order valence-electron chi connectivity index (χ1n) is 14.8. The number of fused-ring (bicyclic) bond motifs is 7. The summed E-state index contributed by atoms with van der Waals surface area (Å²) in [7, 11) is 3.46. The van der Waals surface area contributed by atoms with Crippen LogP contribution < -0.4 is 21.3 Å². The third-order valence-electron chi connectivity index (χ3n) is 8.39. The molecule has 0 aliphatic carbocycles. The number of pyridine rings is 1. The average Bonchev–Trinajstić information content (AvgIpc) is 3.67. The number of nitrogens with zero attached hydrogens (tertiary/aromatic N) is 8. The Morgan fingerprint density at radius 3 is 2.76 bits per heavy atom. The zero-order chi connectivity index (χ0) is 31.9. The van der Waals surface area contributed by atoms with E-state index in [4.69, 9.17) is 10.7 Å². The highest BCUT2D eigenvalue weighted by Gasteiger charge is 2.40.